The minimum atomic E-state index is -1.09. The number of hydrogen-bond donors (Lipinski definition) is 1. The van der Waals surface area contributed by atoms with Crippen LogP contribution in [0.2, 0.25) is 0 Å². The molecule has 2 atom stereocenters. The smallest absolute Gasteiger partial charge is 0.0978 e. The molecule has 2 nitrogen and oxygen atoms in total. The molecule has 0 fully saturated rings. The third kappa shape index (κ3) is 7.94. The molecule has 0 aromatic heterocycles. The van der Waals surface area contributed by atoms with Crippen LogP contribution in [0.5, 0.6) is 0 Å². The maximum absolute atomic E-state index is 12.5. The van der Waals surface area contributed by atoms with Gasteiger partial charge in [-0.05, 0) is 46.1 Å². The van der Waals surface area contributed by atoms with Crippen molar-refractivity contribution in [3.8, 4) is 0 Å². The van der Waals surface area contributed by atoms with Crippen LogP contribution in [0.3, 0.4) is 0 Å². The lowest BCUT2D eigenvalue weighted by Crippen LogP contribution is -2.35. The molecule has 0 saturated heterocycles. The van der Waals surface area contributed by atoms with Gasteiger partial charge in [-0.25, -0.2) is 8.93 Å². The average molecular weight is 336 g/mol. The summed E-state index contributed by atoms with van der Waals surface area (Å²) in [7, 11) is -1.09. The highest BCUT2D eigenvalue weighted by Gasteiger charge is 2.22. The molecule has 0 aliphatic carbocycles. The van der Waals surface area contributed by atoms with E-state index in [0.29, 0.717) is 0 Å². The fourth-order valence-corrected chi connectivity index (χ4v) is 3.14. The summed E-state index contributed by atoms with van der Waals surface area (Å²) in [6.07, 6.45) is 8.46. The van der Waals surface area contributed by atoms with Gasteiger partial charge in [0.05, 0.1) is 21.8 Å². The Kier molecular flexibility index (Phi) is 8.78. The molecular weight excluding hydrogens is 302 g/mol. The van der Waals surface area contributed by atoms with Crippen molar-refractivity contribution < 1.29 is 4.21 Å². The summed E-state index contributed by atoms with van der Waals surface area (Å²) in [5.74, 6) is 0. The van der Waals surface area contributed by atoms with E-state index in [9.17, 15) is 4.21 Å². The molecule has 0 amide bonds. The lowest BCUT2D eigenvalue weighted by Gasteiger charge is -2.23. The first-order valence-corrected chi connectivity index (χ1v) is 9.90. The maximum atomic E-state index is 12.5. The molecule has 1 rings (SSSR count). The van der Waals surface area contributed by atoms with Crippen LogP contribution in [0.4, 0.5) is 0 Å². The van der Waals surface area contributed by atoms with Crippen LogP contribution in [0.1, 0.15) is 78.3 Å². The molecule has 1 aromatic rings. The highest BCUT2D eigenvalue weighted by atomic mass is 32.2. The van der Waals surface area contributed by atoms with Crippen LogP contribution in [-0.4, -0.2) is 8.96 Å². The first kappa shape index (κ1) is 20.1. The SMILES string of the molecule is CCCCCC/C(C)=C/C(NS(=O)C(C)(C)C)c1ccccc1. The Labute approximate surface area is 145 Å². The van der Waals surface area contributed by atoms with Gasteiger partial charge in [0.2, 0.25) is 0 Å². The number of unbranched alkanes of at least 4 members (excludes halogenated alkanes) is 3. The minimum absolute atomic E-state index is 0.00225. The lowest BCUT2D eigenvalue weighted by molar-refractivity contribution is 0.624. The second-order valence-electron chi connectivity index (χ2n) is 7.21. The normalized spacial score (nSPS) is 15.4. The summed E-state index contributed by atoms with van der Waals surface area (Å²) in [5.41, 5.74) is 2.53. The number of benzene rings is 1. The molecule has 1 N–H and O–H groups in total. The van der Waals surface area contributed by atoms with Gasteiger partial charge in [0.1, 0.15) is 0 Å². The molecule has 0 radical (unpaired) electrons. The lowest BCUT2D eigenvalue weighted by atomic mass is 10.0. The van der Waals surface area contributed by atoms with Gasteiger partial charge in [-0.1, -0.05) is 68.2 Å². The molecule has 3 heteroatoms. The second-order valence-corrected chi connectivity index (χ2v) is 9.21. The Balaban J connectivity index is 2.81. The molecule has 1 aromatic carbocycles. The van der Waals surface area contributed by atoms with Crippen molar-refractivity contribution in [2.24, 2.45) is 0 Å². The van der Waals surface area contributed by atoms with Crippen LogP contribution in [0.25, 0.3) is 0 Å². The van der Waals surface area contributed by atoms with Gasteiger partial charge >= 0.3 is 0 Å². The fraction of sp³-hybridized carbons (Fsp3) is 0.600. The predicted octanol–water partition coefficient (Wildman–Crippen LogP) is 5.70. The quantitative estimate of drug-likeness (QED) is 0.455. The average Bonchev–Trinajstić information content (AvgIpc) is 2.51. The Morgan fingerprint density at radius 1 is 1.17 bits per heavy atom. The van der Waals surface area contributed by atoms with Crippen LogP contribution in [0.15, 0.2) is 42.0 Å². The molecule has 0 spiro atoms. The van der Waals surface area contributed by atoms with Crippen LogP contribution < -0.4 is 4.72 Å². The van der Waals surface area contributed by atoms with E-state index in [1.165, 1.54) is 31.3 Å². The molecule has 0 aliphatic rings. The highest BCUT2D eigenvalue weighted by molar-refractivity contribution is 7.84. The standard InChI is InChI=1S/C20H33NOS/c1-6-7-8-10-13-17(2)16-19(18-14-11-9-12-15-18)21-23(22)20(3,4)5/h9,11-12,14-16,19,21H,6-8,10,13H2,1-5H3/b17-16+. The van der Waals surface area contributed by atoms with E-state index in [1.54, 1.807) is 0 Å². The van der Waals surface area contributed by atoms with Crippen LogP contribution in [-0.2, 0) is 11.0 Å². The molecule has 2 unspecified atom stereocenters. The summed E-state index contributed by atoms with van der Waals surface area (Å²) >= 11 is 0. The van der Waals surface area contributed by atoms with Crippen molar-refractivity contribution in [2.45, 2.75) is 77.5 Å². The van der Waals surface area contributed by atoms with Gasteiger partial charge in [-0.15, -0.1) is 0 Å². The number of hydrogen-bond acceptors (Lipinski definition) is 1. The number of rotatable bonds is 9. The minimum Gasteiger partial charge on any atom is -0.242 e. The molecule has 130 valence electrons. The summed E-state index contributed by atoms with van der Waals surface area (Å²) in [5, 5.41) is 0. The van der Waals surface area contributed by atoms with Gasteiger partial charge in [0.25, 0.3) is 0 Å². The first-order chi connectivity index (χ1) is 10.8. The highest BCUT2D eigenvalue weighted by Crippen LogP contribution is 2.21. The molecule has 0 saturated carbocycles. The van der Waals surface area contributed by atoms with Gasteiger partial charge in [0.15, 0.2) is 0 Å². The largest absolute Gasteiger partial charge is 0.242 e. The van der Waals surface area contributed by atoms with E-state index in [1.807, 2.05) is 39.0 Å². The number of nitrogens with one attached hydrogen (secondary N) is 1. The van der Waals surface area contributed by atoms with Gasteiger partial charge in [-0.2, -0.15) is 0 Å². The van der Waals surface area contributed by atoms with E-state index in [4.69, 9.17) is 0 Å². The Bertz CT molecular complexity index is 502. The van der Waals surface area contributed by atoms with E-state index in [2.05, 4.69) is 36.8 Å². The third-order valence-electron chi connectivity index (χ3n) is 3.82. The molecule has 0 bridgehead atoms. The summed E-state index contributed by atoms with van der Waals surface area (Å²) in [6, 6.07) is 10.3. The zero-order chi connectivity index (χ0) is 17.3. The summed E-state index contributed by atoms with van der Waals surface area (Å²) < 4.78 is 15.5. The monoisotopic (exact) mass is 335 g/mol. The molecule has 0 aliphatic heterocycles. The zero-order valence-electron chi connectivity index (χ0n) is 15.4. The van der Waals surface area contributed by atoms with Crippen molar-refractivity contribution in [2.75, 3.05) is 0 Å². The topological polar surface area (TPSA) is 29.1 Å². The first-order valence-electron chi connectivity index (χ1n) is 8.75. The summed E-state index contributed by atoms with van der Waals surface area (Å²) in [4.78, 5) is 0. The van der Waals surface area contributed by atoms with Crippen molar-refractivity contribution in [3.05, 3.63) is 47.5 Å². The molecule has 23 heavy (non-hydrogen) atoms. The Hall–Kier alpha value is -0.930. The number of allylic oxidation sites excluding steroid dienone is 1. The van der Waals surface area contributed by atoms with Crippen LogP contribution in [0, 0.1) is 0 Å². The molecular formula is C20H33NOS. The Morgan fingerprint density at radius 3 is 2.39 bits per heavy atom. The van der Waals surface area contributed by atoms with Gasteiger partial charge in [-0.3, -0.25) is 0 Å². The van der Waals surface area contributed by atoms with Crippen LogP contribution >= 0.6 is 0 Å². The summed E-state index contributed by atoms with van der Waals surface area (Å²) in [6.45, 7) is 10.4. The van der Waals surface area contributed by atoms with E-state index in [-0.39, 0.29) is 10.8 Å². The van der Waals surface area contributed by atoms with Crippen molar-refractivity contribution in [1.29, 1.82) is 0 Å². The van der Waals surface area contributed by atoms with E-state index in [0.717, 1.165) is 12.0 Å². The van der Waals surface area contributed by atoms with E-state index < -0.39 is 11.0 Å². The van der Waals surface area contributed by atoms with Gasteiger partial charge < -0.3 is 0 Å². The zero-order valence-corrected chi connectivity index (χ0v) is 16.2. The van der Waals surface area contributed by atoms with E-state index >= 15 is 0 Å². The molecule has 0 heterocycles. The second kappa shape index (κ2) is 10.0. The Morgan fingerprint density at radius 2 is 1.83 bits per heavy atom. The van der Waals surface area contributed by atoms with Crippen molar-refractivity contribution >= 4 is 11.0 Å². The fourth-order valence-electron chi connectivity index (χ4n) is 2.35. The van der Waals surface area contributed by atoms with Gasteiger partial charge in [0, 0.05) is 0 Å². The van der Waals surface area contributed by atoms with Crippen molar-refractivity contribution in [3.63, 3.8) is 0 Å². The van der Waals surface area contributed by atoms with Crippen molar-refractivity contribution in [1.82, 2.24) is 4.72 Å². The third-order valence-corrected chi connectivity index (χ3v) is 5.41. The maximum Gasteiger partial charge on any atom is 0.0978 e. The predicted molar refractivity (Wildman–Crippen MR) is 103 cm³/mol.